The molecule has 0 aliphatic carbocycles. The van der Waals surface area contributed by atoms with Crippen molar-refractivity contribution in [3.8, 4) is 16.2 Å². The number of carbonyl (C=O) groups is 4. The van der Waals surface area contributed by atoms with E-state index in [0.29, 0.717) is 35.8 Å². The number of aliphatic hydroxyl groups excluding tert-OH is 1. The van der Waals surface area contributed by atoms with Crippen molar-refractivity contribution >= 4 is 80.8 Å². The minimum absolute atomic E-state index is 0.0266. The number of halogens is 1. The lowest BCUT2D eigenvalue weighted by Gasteiger charge is -2.35. The fraction of sp³-hybridized carbons (Fsp3) is 0.482. The monoisotopic (exact) mass is 1130 g/mol. The maximum absolute atomic E-state index is 14.1. The zero-order chi connectivity index (χ0) is 56.5. The maximum atomic E-state index is 14.1. The van der Waals surface area contributed by atoms with Crippen molar-refractivity contribution in [1.29, 1.82) is 0 Å². The van der Waals surface area contributed by atoms with Crippen LogP contribution in [0.4, 0.5) is 23.1 Å². The third kappa shape index (κ3) is 15.2. The summed E-state index contributed by atoms with van der Waals surface area (Å²) in [4.78, 5) is 71.6. The van der Waals surface area contributed by atoms with Gasteiger partial charge in [-0.15, -0.1) is 11.3 Å². The van der Waals surface area contributed by atoms with E-state index in [0.717, 1.165) is 45.7 Å². The first-order valence-electron chi connectivity index (χ1n) is 26.0. The zero-order valence-electron chi connectivity index (χ0n) is 45.6. The van der Waals surface area contributed by atoms with Crippen LogP contribution in [-0.4, -0.2) is 133 Å². The van der Waals surface area contributed by atoms with Crippen LogP contribution in [0.15, 0.2) is 72.4 Å². The lowest BCUT2D eigenvalue weighted by molar-refractivity contribution is -0.144. The van der Waals surface area contributed by atoms with Crippen LogP contribution in [-0.2, 0) is 51.0 Å². The summed E-state index contributed by atoms with van der Waals surface area (Å²) in [6.07, 6.45) is 1.93. The molecule has 2 aliphatic rings. The Kier molecular flexibility index (Phi) is 20.1. The minimum Gasteiger partial charge on any atom is -0.772 e. The predicted octanol–water partition coefficient (Wildman–Crippen LogP) is 7.81. The SMILES string of the molecule is Cc1cc(Nc2ncc(Cl)c(Nc3ccccc3C(C)(C)S(=O)[O-])n2)c(OC(C)C)cc1C1CCN(C(=O)COCCOCC(=O)N[C@H](C(=O)N2C[C@H](O)C[C@H]2C(=O)NCc2ccc(-c3scnc3C)cc2)C(C)(C)C)CC1. The second-order valence-electron chi connectivity index (χ2n) is 21.5. The first-order chi connectivity index (χ1) is 37.0. The van der Waals surface area contributed by atoms with Crippen molar-refractivity contribution in [2.45, 2.75) is 123 Å². The third-order valence-corrected chi connectivity index (χ3v) is 16.1. The van der Waals surface area contributed by atoms with Crippen molar-refractivity contribution in [3.05, 3.63) is 105 Å². The van der Waals surface area contributed by atoms with Crippen LogP contribution in [0.3, 0.4) is 0 Å². The van der Waals surface area contributed by atoms with Crippen molar-refractivity contribution in [2.75, 3.05) is 56.7 Å². The molecule has 4 heterocycles. The van der Waals surface area contributed by atoms with E-state index in [1.54, 1.807) is 59.9 Å². The molecule has 2 fully saturated rings. The van der Waals surface area contributed by atoms with E-state index >= 15 is 0 Å². The van der Waals surface area contributed by atoms with E-state index in [-0.39, 0.29) is 80.7 Å². The molecule has 420 valence electrons. The van der Waals surface area contributed by atoms with E-state index in [4.69, 9.17) is 25.8 Å². The normalized spacial score (nSPS) is 16.9. The van der Waals surface area contributed by atoms with Crippen LogP contribution in [0.1, 0.15) is 102 Å². The number of ether oxygens (including phenoxy) is 3. The highest BCUT2D eigenvalue weighted by molar-refractivity contribution is 7.80. The van der Waals surface area contributed by atoms with Crippen LogP contribution >= 0.6 is 22.9 Å². The number of rotatable bonds is 22. The van der Waals surface area contributed by atoms with Crippen LogP contribution < -0.4 is 26.0 Å². The first kappa shape index (κ1) is 59.6. The summed E-state index contributed by atoms with van der Waals surface area (Å²) in [6, 6.07) is 17.0. The number of aryl methyl sites for hydroxylation is 2. The largest absolute Gasteiger partial charge is 0.772 e. The minimum atomic E-state index is -2.40. The molecule has 2 aromatic heterocycles. The molecule has 4 atom stereocenters. The summed E-state index contributed by atoms with van der Waals surface area (Å²) in [5.41, 5.74) is 7.77. The Balaban J connectivity index is 0.852. The summed E-state index contributed by atoms with van der Waals surface area (Å²) in [7, 11) is 0. The van der Waals surface area contributed by atoms with Crippen LogP contribution in [0.5, 0.6) is 5.75 Å². The van der Waals surface area contributed by atoms with Gasteiger partial charge in [-0.2, -0.15) is 4.98 Å². The fourth-order valence-electron chi connectivity index (χ4n) is 9.52. The summed E-state index contributed by atoms with van der Waals surface area (Å²) in [5, 5.41) is 23.1. The molecule has 0 saturated carbocycles. The van der Waals surface area contributed by atoms with Gasteiger partial charge >= 0.3 is 0 Å². The average molecular weight is 1130 g/mol. The van der Waals surface area contributed by atoms with Gasteiger partial charge in [-0.3, -0.25) is 23.4 Å². The topological polar surface area (TPSA) is 250 Å². The van der Waals surface area contributed by atoms with E-state index in [9.17, 15) is 33.0 Å². The van der Waals surface area contributed by atoms with Gasteiger partial charge in [-0.1, -0.05) is 74.8 Å². The molecule has 5 N–H and O–H groups in total. The van der Waals surface area contributed by atoms with Gasteiger partial charge in [0.1, 0.15) is 36.1 Å². The van der Waals surface area contributed by atoms with Gasteiger partial charge < -0.3 is 54.9 Å². The average Bonchev–Trinajstić information content (AvgIpc) is 4.02. The van der Waals surface area contributed by atoms with Gasteiger partial charge in [0.05, 0.1) is 58.1 Å². The molecule has 22 heteroatoms. The fourth-order valence-corrected chi connectivity index (χ4v) is 10.8. The molecule has 3 aromatic carbocycles. The number of thiazole rings is 1. The molecular weight excluding hydrogens is 1060 g/mol. The molecule has 78 heavy (non-hydrogen) atoms. The van der Waals surface area contributed by atoms with E-state index in [1.165, 1.54) is 11.1 Å². The van der Waals surface area contributed by atoms with Crippen molar-refractivity contribution in [2.24, 2.45) is 5.41 Å². The van der Waals surface area contributed by atoms with Crippen LogP contribution in [0.25, 0.3) is 10.4 Å². The number of β-amino-alcohol motifs (C(OH)–C–C–N with tert-alkyl or cyclic N) is 1. The van der Waals surface area contributed by atoms with E-state index in [1.807, 2.05) is 84.9 Å². The molecule has 2 saturated heterocycles. The number of aromatic nitrogens is 3. The highest BCUT2D eigenvalue weighted by atomic mass is 35.5. The number of para-hydroxylation sites is 1. The number of nitrogens with one attached hydrogen (secondary N) is 4. The zero-order valence-corrected chi connectivity index (χ0v) is 48.0. The number of aliphatic hydroxyl groups is 1. The second kappa shape index (κ2) is 26.3. The van der Waals surface area contributed by atoms with Gasteiger partial charge in [0.25, 0.3) is 0 Å². The Morgan fingerprint density at radius 3 is 2.28 bits per heavy atom. The number of carbonyl (C=O) groups excluding carboxylic acids is 4. The number of amides is 4. The smallest absolute Gasteiger partial charge is 0.248 e. The molecule has 4 amide bonds. The third-order valence-electron chi connectivity index (χ3n) is 13.8. The number of benzene rings is 3. The lowest BCUT2D eigenvalue weighted by Crippen LogP contribution is -2.58. The molecular formula is C56H71ClN9O10S2-. The molecule has 2 aliphatic heterocycles. The number of hydrogen-bond donors (Lipinski definition) is 5. The number of likely N-dealkylation sites (tertiary alicyclic amines) is 2. The summed E-state index contributed by atoms with van der Waals surface area (Å²) >= 11 is 5.70. The Labute approximate surface area is 467 Å². The van der Waals surface area contributed by atoms with Crippen LogP contribution in [0.2, 0.25) is 5.02 Å². The Morgan fingerprint density at radius 2 is 1.63 bits per heavy atom. The number of piperidine rings is 1. The molecule has 0 bridgehead atoms. The molecule has 7 rings (SSSR count). The van der Waals surface area contributed by atoms with E-state index in [2.05, 4.69) is 36.2 Å². The number of hydrogen-bond acceptors (Lipinski definition) is 16. The first-order valence-corrected chi connectivity index (χ1v) is 28.4. The molecule has 5 aromatic rings. The summed E-state index contributed by atoms with van der Waals surface area (Å²) < 4.78 is 40.6. The highest BCUT2D eigenvalue weighted by Crippen LogP contribution is 2.40. The van der Waals surface area contributed by atoms with Gasteiger partial charge in [0.2, 0.25) is 29.6 Å². The van der Waals surface area contributed by atoms with Gasteiger partial charge in [0.15, 0.2) is 5.82 Å². The molecule has 1 unspecified atom stereocenters. The molecule has 0 radical (unpaired) electrons. The van der Waals surface area contributed by atoms with Gasteiger partial charge in [0, 0.05) is 38.3 Å². The Hall–Kier alpha value is -6.07. The molecule has 19 nitrogen and oxygen atoms in total. The van der Waals surface area contributed by atoms with Crippen LogP contribution in [0, 0.1) is 19.3 Å². The van der Waals surface area contributed by atoms with Gasteiger partial charge in [-0.05, 0) is 123 Å². The highest BCUT2D eigenvalue weighted by Gasteiger charge is 2.44. The summed E-state index contributed by atoms with van der Waals surface area (Å²) in [5.74, 6) is -0.280. The summed E-state index contributed by atoms with van der Waals surface area (Å²) in [6.45, 7) is 17.3. The Morgan fingerprint density at radius 1 is 0.936 bits per heavy atom. The maximum Gasteiger partial charge on any atom is 0.248 e. The van der Waals surface area contributed by atoms with Crippen molar-refractivity contribution in [1.82, 2.24) is 35.4 Å². The predicted molar refractivity (Wildman–Crippen MR) is 301 cm³/mol. The molecule has 0 spiro atoms. The van der Waals surface area contributed by atoms with Gasteiger partial charge in [-0.25, -0.2) is 9.97 Å². The Bertz CT molecular complexity index is 2940. The number of nitrogens with zero attached hydrogens (tertiary/aromatic N) is 5. The number of anilines is 4. The quantitative estimate of drug-likeness (QED) is 0.0328. The van der Waals surface area contributed by atoms with Crippen molar-refractivity contribution < 1.29 is 47.3 Å². The second-order valence-corrected chi connectivity index (χ2v) is 24.3. The van der Waals surface area contributed by atoms with Crippen molar-refractivity contribution in [3.63, 3.8) is 0 Å². The van der Waals surface area contributed by atoms with E-state index < -0.39 is 57.2 Å². The standard InChI is InChI=1S/C56H72ClN9O10S2/c1-33(2)76-46-26-40(34(3)24-44(46)62-54-59-28-42(57)51(64-54)61-43-13-11-10-12-41(43)56(8,9)78(72)73)37-18-20-65(21-19-37)48(69)31-75-23-22-74-30-47(68)63-50(55(5,6)7)53(71)66-29-39(67)25-45(66)52(70)58-27-36-14-16-38(17-15-36)49-35(4)60-32-77-49/h10-17,24,26,28,32-33,37,39,45,50,67H,18-23,25,27,29-31H2,1-9H3,(H,58,70)(H,63,68)(H,72,73)(H2,59,61,62,64)/p-1/t39-,45+,50-/m1/s1. The lowest BCUT2D eigenvalue weighted by atomic mass is 9.85.